The molecule has 0 aromatic rings. The Kier molecular flexibility index (Phi) is 7.80. The quantitative estimate of drug-likeness (QED) is 0.812. The van der Waals surface area contributed by atoms with Crippen LogP contribution in [0.5, 0.6) is 0 Å². The van der Waals surface area contributed by atoms with E-state index in [2.05, 4.69) is 25.2 Å². The van der Waals surface area contributed by atoms with E-state index in [9.17, 15) is 4.79 Å². The SMILES string of the molecule is CCC(CC#N)NC(C)CC1COCCN1C(=O)OC(C)(C)C. The fraction of sp³-hybridized carbons (Fsp3) is 0.882. The monoisotopic (exact) mass is 325 g/mol. The van der Waals surface area contributed by atoms with Gasteiger partial charge in [-0.25, -0.2) is 4.79 Å². The maximum Gasteiger partial charge on any atom is 0.410 e. The van der Waals surface area contributed by atoms with Crippen molar-refractivity contribution in [3.63, 3.8) is 0 Å². The van der Waals surface area contributed by atoms with Crippen molar-refractivity contribution in [2.24, 2.45) is 0 Å². The first-order chi connectivity index (χ1) is 10.8. The Labute approximate surface area is 140 Å². The van der Waals surface area contributed by atoms with Gasteiger partial charge in [0.15, 0.2) is 0 Å². The average Bonchev–Trinajstić information content (AvgIpc) is 2.45. The molecule has 23 heavy (non-hydrogen) atoms. The highest BCUT2D eigenvalue weighted by atomic mass is 16.6. The van der Waals surface area contributed by atoms with E-state index in [1.807, 2.05) is 20.8 Å². The van der Waals surface area contributed by atoms with Crippen molar-refractivity contribution in [3.05, 3.63) is 0 Å². The van der Waals surface area contributed by atoms with E-state index < -0.39 is 5.60 Å². The molecule has 0 aromatic heterocycles. The summed E-state index contributed by atoms with van der Waals surface area (Å²) >= 11 is 0. The third-order valence-corrected chi connectivity index (χ3v) is 3.83. The fourth-order valence-corrected chi connectivity index (χ4v) is 2.72. The Bertz CT molecular complexity index is 414. The van der Waals surface area contributed by atoms with Gasteiger partial charge in [0.2, 0.25) is 0 Å². The van der Waals surface area contributed by atoms with Crippen LogP contribution in [-0.4, -0.2) is 54.5 Å². The minimum Gasteiger partial charge on any atom is -0.444 e. The number of hydrogen-bond donors (Lipinski definition) is 1. The third-order valence-electron chi connectivity index (χ3n) is 3.83. The number of amides is 1. The molecular formula is C17H31N3O3. The highest BCUT2D eigenvalue weighted by Gasteiger charge is 2.32. The molecule has 0 spiro atoms. The molecule has 1 amide bonds. The molecule has 0 aliphatic carbocycles. The van der Waals surface area contributed by atoms with Gasteiger partial charge in [-0.15, -0.1) is 0 Å². The van der Waals surface area contributed by atoms with Crippen molar-refractivity contribution in [2.75, 3.05) is 19.8 Å². The second-order valence-corrected chi connectivity index (χ2v) is 7.17. The predicted molar refractivity (Wildman–Crippen MR) is 89.1 cm³/mol. The molecule has 3 atom stereocenters. The molecule has 0 saturated carbocycles. The third kappa shape index (κ3) is 7.19. The number of carbonyl (C=O) groups excluding carboxylic acids is 1. The van der Waals surface area contributed by atoms with Crippen molar-refractivity contribution in [1.29, 1.82) is 5.26 Å². The number of carbonyl (C=O) groups is 1. The zero-order chi connectivity index (χ0) is 17.5. The van der Waals surface area contributed by atoms with E-state index in [0.29, 0.717) is 26.2 Å². The lowest BCUT2D eigenvalue weighted by atomic mass is 10.0. The lowest BCUT2D eigenvalue weighted by Gasteiger charge is -2.38. The van der Waals surface area contributed by atoms with Gasteiger partial charge in [0.25, 0.3) is 0 Å². The Morgan fingerprint density at radius 1 is 1.52 bits per heavy atom. The molecule has 1 rings (SSSR count). The number of nitriles is 1. The van der Waals surface area contributed by atoms with Crippen LogP contribution in [0.2, 0.25) is 0 Å². The summed E-state index contributed by atoms with van der Waals surface area (Å²) in [6.45, 7) is 11.4. The lowest BCUT2D eigenvalue weighted by Crippen LogP contribution is -2.52. The van der Waals surface area contributed by atoms with Gasteiger partial charge in [-0.05, 0) is 40.5 Å². The zero-order valence-electron chi connectivity index (χ0n) is 15.1. The van der Waals surface area contributed by atoms with Crippen LogP contribution in [0.25, 0.3) is 0 Å². The van der Waals surface area contributed by atoms with Gasteiger partial charge >= 0.3 is 6.09 Å². The van der Waals surface area contributed by atoms with Crippen LogP contribution in [0, 0.1) is 11.3 Å². The average molecular weight is 325 g/mol. The van der Waals surface area contributed by atoms with Crippen molar-refractivity contribution in [3.8, 4) is 6.07 Å². The minimum atomic E-state index is -0.496. The molecule has 0 aromatic carbocycles. The standard InChI is InChI=1S/C17H31N3O3/c1-6-14(7-8-18)19-13(2)11-15-12-22-10-9-20(15)16(21)23-17(3,4)5/h13-15,19H,6-7,9-12H2,1-5H3. The van der Waals surface area contributed by atoms with E-state index in [1.165, 1.54) is 0 Å². The van der Waals surface area contributed by atoms with Crippen LogP contribution in [0.4, 0.5) is 4.79 Å². The maximum absolute atomic E-state index is 12.4. The minimum absolute atomic E-state index is 0.000641. The van der Waals surface area contributed by atoms with Gasteiger partial charge in [-0.2, -0.15) is 5.26 Å². The highest BCUT2D eigenvalue weighted by molar-refractivity contribution is 5.68. The van der Waals surface area contributed by atoms with Crippen molar-refractivity contribution < 1.29 is 14.3 Å². The molecule has 6 nitrogen and oxygen atoms in total. The molecule has 1 aliphatic heterocycles. The van der Waals surface area contributed by atoms with Gasteiger partial charge < -0.3 is 19.7 Å². The van der Waals surface area contributed by atoms with Crippen molar-refractivity contribution in [1.82, 2.24) is 10.2 Å². The molecular weight excluding hydrogens is 294 g/mol. The first kappa shape index (κ1) is 19.7. The smallest absolute Gasteiger partial charge is 0.410 e. The van der Waals surface area contributed by atoms with Gasteiger partial charge in [0, 0.05) is 18.6 Å². The summed E-state index contributed by atoms with van der Waals surface area (Å²) < 4.78 is 11.0. The topological polar surface area (TPSA) is 74.6 Å². The van der Waals surface area contributed by atoms with Crippen molar-refractivity contribution in [2.45, 2.75) is 77.6 Å². The largest absolute Gasteiger partial charge is 0.444 e. The number of nitrogens with zero attached hydrogens (tertiary/aromatic N) is 2. The summed E-state index contributed by atoms with van der Waals surface area (Å²) in [6.07, 6.45) is 1.91. The van der Waals surface area contributed by atoms with Crippen LogP contribution >= 0.6 is 0 Å². The van der Waals surface area contributed by atoms with Crippen LogP contribution in [-0.2, 0) is 9.47 Å². The van der Waals surface area contributed by atoms with Crippen LogP contribution in [0.1, 0.15) is 53.9 Å². The molecule has 1 heterocycles. The summed E-state index contributed by atoms with van der Waals surface area (Å²) in [7, 11) is 0. The normalized spacial score (nSPS) is 21.4. The second-order valence-electron chi connectivity index (χ2n) is 7.17. The second kappa shape index (κ2) is 9.09. The Hall–Kier alpha value is -1.32. The number of ether oxygens (including phenoxy) is 2. The molecule has 6 heteroatoms. The van der Waals surface area contributed by atoms with Crippen molar-refractivity contribution >= 4 is 6.09 Å². The summed E-state index contributed by atoms with van der Waals surface area (Å²) in [4.78, 5) is 14.1. The van der Waals surface area contributed by atoms with E-state index in [-0.39, 0.29) is 24.2 Å². The molecule has 0 bridgehead atoms. The molecule has 1 saturated heterocycles. The zero-order valence-corrected chi connectivity index (χ0v) is 15.1. The van der Waals surface area contributed by atoms with E-state index >= 15 is 0 Å². The molecule has 1 N–H and O–H groups in total. The summed E-state index contributed by atoms with van der Waals surface area (Å²) in [5, 5.41) is 12.3. The van der Waals surface area contributed by atoms with Crippen LogP contribution in [0.3, 0.4) is 0 Å². The predicted octanol–water partition coefficient (Wildman–Crippen LogP) is 2.68. The Balaban J connectivity index is 2.60. The van der Waals surface area contributed by atoms with Gasteiger partial charge in [-0.3, -0.25) is 0 Å². The summed E-state index contributed by atoms with van der Waals surface area (Å²) in [5.74, 6) is 0. The number of rotatable bonds is 6. The molecule has 1 aliphatic rings. The van der Waals surface area contributed by atoms with Crippen LogP contribution < -0.4 is 5.32 Å². The number of hydrogen-bond acceptors (Lipinski definition) is 5. The van der Waals surface area contributed by atoms with Crippen LogP contribution in [0.15, 0.2) is 0 Å². The summed E-state index contributed by atoms with van der Waals surface area (Å²) in [6, 6.07) is 2.60. The van der Waals surface area contributed by atoms with Gasteiger partial charge in [-0.1, -0.05) is 6.92 Å². The van der Waals surface area contributed by atoms with E-state index in [4.69, 9.17) is 14.7 Å². The first-order valence-electron chi connectivity index (χ1n) is 8.47. The molecule has 1 fully saturated rings. The lowest BCUT2D eigenvalue weighted by molar-refractivity contribution is -0.0357. The van der Waals surface area contributed by atoms with E-state index in [0.717, 1.165) is 12.8 Å². The maximum atomic E-state index is 12.4. The Morgan fingerprint density at radius 3 is 2.78 bits per heavy atom. The Morgan fingerprint density at radius 2 is 2.22 bits per heavy atom. The number of morpholine rings is 1. The highest BCUT2D eigenvalue weighted by Crippen LogP contribution is 2.18. The summed E-state index contributed by atoms with van der Waals surface area (Å²) in [5.41, 5.74) is -0.496. The molecule has 3 unspecified atom stereocenters. The fourth-order valence-electron chi connectivity index (χ4n) is 2.72. The number of nitrogens with one attached hydrogen (secondary N) is 1. The molecule has 0 radical (unpaired) electrons. The van der Waals surface area contributed by atoms with Gasteiger partial charge in [0.1, 0.15) is 5.60 Å². The molecule has 132 valence electrons. The van der Waals surface area contributed by atoms with E-state index in [1.54, 1.807) is 4.90 Å². The first-order valence-corrected chi connectivity index (χ1v) is 8.47. The van der Waals surface area contributed by atoms with Gasteiger partial charge in [0.05, 0.1) is 31.7 Å².